The molecule has 3 aromatic heterocycles. The Bertz CT molecular complexity index is 1220. The maximum absolute atomic E-state index is 12.5. The minimum Gasteiger partial charge on any atom is -0.464 e. The summed E-state index contributed by atoms with van der Waals surface area (Å²) >= 11 is 0. The molecule has 0 aliphatic rings. The lowest BCUT2D eigenvalue weighted by Crippen LogP contribution is -2.39. The van der Waals surface area contributed by atoms with Gasteiger partial charge in [-0.1, -0.05) is 24.3 Å². The van der Waals surface area contributed by atoms with Gasteiger partial charge in [0.2, 0.25) is 0 Å². The Morgan fingerprint density at radius 3 is 1.91 bits per heavy atom. The highest BCUT2D eigenvalue weighted by molar-refractivity contribution is 5.97. The molecule has 170 valence electrons. The fourth-order valence-electron chi connectivity index (χ4n) is 3.41. The van der Waals surface area contributed by atoms with Crippen LogP contribution in [0, 0.1) is 0 Å². The number of rotatable bonds is 7. The minimum absolute atomic E-state index is 0.265. The monoisotopic (exact) mass is 452 g/mol. The van der Waals surface area contributed by atoms with Gasteiger partial charge in [0.05, 0.1) is 29.4 Å². The van der Waals surface area contributed by atoms with Gasteiger partial charge in [0.1, 0.15) is 6.04 Å². The normalized spacial score (nSPS) is 11.5. The minimum atomic E-state index is -0.728. The second-order valence-electron chi connectivity index (χ2n) is 7.58. The van der Waals surface area contributed by atoms with Crippen LogP contribution in [0.25, 0.3) is 33.9 Å². The van der Waals surface area contributed by atoms with Crippen LogP contribution >= 0.6 is 0 Å². The molecule has 7 heteroatoms. The molecule has 4 aromatic rings. The number of pyridine rings is 3. The lowest BCUT2D eigenvalue weighted by Gasteiger charge is -2.13. The van der Waals surface area contributed by atoms with E-state index in [0.29, 0.717) is 5.56 Å². The van der Waals surface area contributed by atoms with Crippen LogP contribution in [0.5, 0.6) is 0 Å². The predicted octanol–water partition coefficient (Wildman–Crippen LogP) is 4.55. The summed E-state index contributed by atoms with van der Waals surface area (Å²) in [7, 11) is 0. The molecular formula is C27H24N4O3. The molecule has 0 saturated heterocycles. The number of ether oxygens (including phenoxy) is 1. The van der Waals surface area contributed by atoms with Crippen molar-refractivity contribution in [3.05, 3.63) is 90.8 Å². The van der Waals surface area contributed by atoms with E-state index in [2.05, 4.69) is 15.3 Å². The van der Waals surface area contributed by atoms with Crippen molar-refractivity contribution < 1.29 is 14.3 Å². The summed E-state index contributed by atoms with van der Waals surface area (Å²) in [4.78, 5) is 38.0. The fourth-order valence-corrected chi connectivity index (χ4v) is 3.41. The Balaban J connectivity index is 1.65. The molecule has 34 heavy (non-hydrogen) atoms. The van der Waals surface area contributed by atoms with Gasteiger partial charge in [0.15, 0.2) is 0 Å². The molecule has 0 aliphatic carbocycles. The average Bonchev–Trinajstić information content (AvgIpc) is 2.89. The summed E-state index contributed by atoms with van der Waals surface area (Å²) in [6.07, 6.45) is 3.46. The smallest absolute Gasteiger partial charge is 0.328 e. The number of hydrogen-bond donors (Lipinski definition) is 1. The largest absolute Gasteiger partial charge is 0.464 e. The summed E-state index contributed by atoms with van der Waals surface area (Å²) < 4.78 is 4.94. The van der Waals surface area contributed by atoms with Gasteiger partial charge in [0, 0.05) is 18.0 Å². The van der Waals surface area contributed by atoms with Crippen LogP contribution < -0.4 is 5.32 Å². The first kappa shape index (κ1) is 22.8. The standard InChI is InChI=1S/C27H24N4O3/c1-3-34-27(33)18(2)30-26(32)20-12-10-19(11-13-20)21-16-24(22-8-4-6-14-28-22)31-25(17-21)23-9-5-7-15-29-23/h4-18H,3H2,1-2H3,(H,30,32). The van der Waals surface area contributed by atoms with Crippen molar-refractivity contribution in [2.45, 2.75) is 19.9 Å². The van der Waals surface area contributed by atoms with Gasteiger partial charge < -0.3 is 10.1 Å². The number of benzene rings is 1. The van der Waals surface area contributed by atoms with Crippen molar-refractivity contribution in [1.29, 1.82) is 0 Å². The number of amides is 1. The first-order chi connectivity index (χ1) is 16.5. The third-order valence-electron chi connectivity index (χ3n) is 5.15. The molecule has 0 spiro atoms. The van der Waals surface area contributed by atoms with Crippen molar-refractivity contribution in [2.24, 2.45) is 0 Å². The van der Waals surface area contributed by atoms with Gasteiger partial charge in [-0.15, -0.1) is 0 Å². The van der Waals surface area contributed by atoms with E-state index >= 15 is 0 Å². The Morgan fingerprint density at radius 2 is 1.41 bits per heavy atom. The summed E-state index contributed by atoms with van der Waals surface area (Å²) in [6, 6.07) is 21.8. The van der Waals surface area contributed by atoms with Gasteiger partial charge >= 0.3 is 5.97 Å². The molecule has 1 aromatic carbocycles. The molecule has 3 heterocycles. The first-order valence-corrected chi connectivity index (χ1v) is 11.0. The van der Waals surface area contributed by atoms with Crippen LogP contribution in [0.2, 0.25) is 0 Å². The van der Waals surface area contributed by atoms with Crippen LogP contribution in [-0.4, -0.2) is 39.5 Å². The number of esters is 1. The van der Waals surface area contributed by atoms with E-state index < -0.39 is 12.0 Å². The van der Waals surface area contributed by atoms with E-state index in [-0.39, 0.29) is 12.5 Å². The average molecular weight is 453 g/mol. The van der Waals surface area contributed by atoms with Crippen molar-refractivity contribution in [3.8, 4) is 33.9 Å². The molecule has 0 fully saturated rings. The molecule has 0 saturated carbocycles. The van der Waals surface area contributed by atoms with Crippen molar-refractivity contribution in [3.63, 3.8) is 0 Å². The number of nitrogens with zero attached hydrogens (tertiary/aromatic N) is 3. The van der Waals surface area contributed by atoms with Gasteiger partial charge in [-0.2, -0.15) is 0 Å². The molecule has 0 radical (unpaired) electrons. The Labute approximate surface area is 197 Å². The summed E-state index contributed by atoms with van der Waals surface area (Å²) in [5.41, 5.74) is 5.24. The molecule has 1 amide bonds. The topological polar surface area (TPSA) is 94.1 Å². The summed E-state index contributed by atoms with van der Waals surface area (Å²) in [5, 5.41) is 2.66. The lowest BCUT2D eigenvalue weighted by molar-refractivity contribution is -0.144. The van der Waals surface area contributed by atoms with E-state index in [0.717, 1.165) is 33.9 Å². The Hall–Kier alpha value is -4.39. The van der Waals surface area contributed by atoms with Crippen molar-refractivity contribution in [1.82, 2.24) is 20.3 Å². The SMILES string of the molecule is CCOC(=O)C(C)NC(=O)c1ccc(-c2cc(-c3ccccn3)nc(-c3ccccn3)c2)cc1. The highest BCUT2D eigenvalue weighted by Gasteiger charge is 2.18. The fraction of sp³-hybridized carbons (Fsp3) is 0.148. The van der Waals surface area contributed by atoms with Gasteiger partial charge in [-0.25, -0.2) is 9.78 Å². The maximum atomic E-state index is 12.5. The highest BCUT2D eigenvalue weighted by atomic mass is 16.5. The van der Waals surface area contributed by atoms with Gasteiger partial charge in [0.25, 0.3) is 5.91 Å². The highest BCUT2D eigenvalue weighted by Crippen LogP contribution is 2.29. The third kappa shape index (κ3) is 5.32. The molecule has 1 atom stereocenters. The number of nitrogens with one attached hydrogen (secondary N) is 1. The quantitative estimate of drug-likeness (QED) is 0.413. The Kier molecular flexibility index (Phi) is 7.03. The van der Waals surface area contributed by atoms with Crippen molar-refractivity contribution >= 4 is 11.9 Å². The van der Waals surface area contributed by atoms with E-state index in [9.17, 15) is 9.59 Å². The number of carbonyl (C=O) groups excluding carboxylic acids is 2. The zero-order chi connectivity index (χ0) is 23.9. The molecule has 1 unspecified atom stereocenters. The predicted molar refractivity (Wildman–Crippen MR) is 130 cm³/mol. The molecular weight excluding hydrogens is 428 g/mol. The summed E-state index contributed by atoms with van der Waals surface area (Å²) in [6.45, 7) is 3.59. The molecule has 0 aliphatic heterocycles. The number of aromatic nitrogens is 3. The van der Waals surface area contributed by atoms with Gasteiger partial charge in [-0.05, 0) is 73.5 Å². The second kappa shape index (κ2) is 10.5. The van der Waals surface area contributed by atoms with Crippen LogP contribution in [0.3, 0.4) is 0 Å². The van der Waals surface area contributed by atoms with Gasteiger partial charge in [-0.3, -0.25) is 14.8 Å². The molecule has 4 rings (SSSR count). The van der Waals surface area contributed by atoms with Crippen LogP contribution in [0.4, 0.5) is 0 Å². The number of carbonyl (C=O) groups is 2. The van der Waals surface area contributed by atoms with E-state index in [4.69, 9.17) is 9.72 Å². The third-order valence-corrected chi connectivity index (χ3v) is 5.15. The van der Waals surface area contributed by atoms with Crippen LogP contribution in [-0.2, 0) is 9.53 Å². The number of hydrogen-bond acceptors (Lipinski definition) is 6. The maximum Gasteiger partial charge on any atom is 0.328 e. The van der Waals surface area contributed by atoms with E-state index in [1.807, 2.05) is 60.7 Å². The van der Waals surface area contributed by atoms with E-state index in [1.165, 1.54) is 0 Å². The van der Waals surface area contributed by atoms with E-state index in [1.54, 1.807) is 38.4 Å². The zero-order valence-corrected chi connectivity index (χ0v) is 18.9. The van der Waals surface area contributed by atoms with Crippen molar-refractivity contribution in [2.75, 3.05) is 6.61 Å². The summed E-state index contributed by atoms with van der Waals surface area (Å²) in [5.74, 6) is -0.807. The first-order valence-electron chi connectivity index (χ1n) is 11.0. The van der Waals surface area contributed by atoms with Crippen LogP contribution in [0.1, 0.15) is 24.2 Å². The molecule has 7 nitrogen and oxygen atoms in total. The molecule has 1 N–H and O–H groups in total. The zero-order valence-electron chi connectivity index (χ0n) is 18.9. The second-order valence-corrected chi connectivity index (χ2v) is 7.58. The van der Waals surface area contributed by atoms with Crippen LogP contribution in [0.15, 0.2) is 85.2 Å². The molecule has 0 bridgehead atoms. The lowest BCUT2D eigenvalue weighted by atomic mass is 10.0. The Morgan fingerprint density at radius 1 is 0.824 bits per heavy atom.